The van der Waals surface area contributed by atoms with Gasteiger partial charge in [0.05, 0.1) is 12.6 Å². The standard InChI is InChI=1S/C20H22FN3O3/c1-13(20(27)23-17-8-4-6-15(10-17)14(2)25)24(3)12-19(26)22-18-9-5-7-16(21)11-18/h4-11,13H,12H2,1-3H3,(H,22,26)(H,23,27)/t13-/m0/s1. The Hall–Kier alpha value is -3.06. The molecule has 6 nitrogen and oxygen atoms in total. The second-order valence-electron chi connectivity index (χ2n) is 6.28. The summed E-state index contributed by atoms with van der Waals surface area (Å²) in [6, 6.07) is 11.6. The van der Waals surface area contributed by atoms with Gasteiger partial charge in [-0.15, -0.1) is 0 Å². The predicted octanol–water partition coefficient (Wildman–Crippen LogP) is 2.93. The van der Waals surface area contributed by atoms with E-state index in [1.54, 1.807) is 49.2 Å². The van der Waals surface area contributed by atoms with Gasteiger partial charge in [0.1, 0.15) is 5.82 Å². The molecule has 0 saturated heterocycles. The molecule has 2 N–H and O–H groups in total. The van der Waals surface area contributed by atoms with E-state index in [9.17, 15) is 18.8 Å². The fraction of sp³-hybridized carbons (Fsp3) is 0.250. The maximum atomic E-state index is 13.2. The zero-order valence-electron chi connectivity index (χ0n) is 15.5. The minimum absolute atomic E-state index is 0.0431. The number of likely N-dealkylation sites (N-methyl/N-ethyl adjacent to an activating group) is 1. The molecule has 0 aliphatic carbocycles. The minimum Gasteiger partial charge on any atom is -0.325 e. The monoisotopic (exact) mass is 371 g/mol. The zero-order valence-corrected chi connectivity index (χ0v) is 15.5. The van der Waals surface area contributed by atoms with E-state index in [0.717, 1.165) is 0 Å². The van der Waals surface area contributed by atoms with E-state index in [0.29, 0.717) is 16.9 Å². The number of Topliss-reactive ketones (excluding diaryl/α,β-unsaturated/α-hetero) is 1. The van der Waals surface area contributed by atoms with Crippen molar-refractivity contribution in [3.05, 3.63) is 59.9 Å². The average Bonchev–Trinajstić information content (AvgIpc) is 2.61. The normalized spacial score (nSPS) is 11.7. The van der Waals surface area contributed by atoms with Crippen molar-refractivity contribution >= 4 is 29.0 Å². The van der Waals surface area contributed by atoms with Gasteiger partial charge in [-0.3, -0.25) is 19.3 Å². The first kappa shape index (κ1) is 20.3. The number of hydrogen-bond donors (Lipinski definition) is 2. The largest absolute Gasteiger partial charge is 0.325 e. The van der Waals surface area contributed by atoms with Crippen LogP contribution >= 0.6 is 0 Å². The average molecular weight is 371 g/mol. The van der Waals surface area contributed by atoms with Crippen LogP contribution in [-0.2, 0) is 9.59 Å². The summed E-state index contributed by atoms with van der Waals surface area (Å²) in [5.41, 5.74) is 1.37. The molecule has 0 unspecified atom stereocenters. The summed E-state index contributed by atoms with van der Waals surface area (Å²) in [4.78, 5) is 37.5. The number of carbonyl (C=O) groups excluding carboxylic acids is 3. The lowest BCUT2D eigenvalue weighted by Gasteiger charge is -2.23. The third kappa shape index (κ3) is 6.00. The first-order valence-corrected chi connectivity index (χ1v) is 8.44. The number of nitrogens with zero attached hydrogens (tertiary/aromatic N) is 1. The first-order valence-electron chi connectivity index (χ1n) is 8.44. The van der Waals surface area contributed by atoms with Crippen LogP contribution in [0.5, 0.6) is 0 Å². The number of ketones is 1. The van der Waals surface area contributed by atoms with Crippen molar-refractivity contribution in [2.45, 2.75) is 19.9 Å². The van der Waals surface area contributed by atoms with Crippen LogP contribution in [-0.4, -0.2) is 42.1 Å². The van der Waals surface area contributed by atoms with E-state index in [1.165, 1.54) is 25.1 Å². The maximum Gasteiger partial charge on any atom is 0.241 e. The van der Waals surface area contributed by atoms with Gasteiger partial charge in [0.15, 0.2) is 5.78 Å². The van der Waals surface area contributed by atoms with Crippen LogP contribution in [0.25, 0.3) is 0 Å². The summed E-state index contributed by atoms with van der Waals surface area (Å²) in [6.07, 6.45) is 0. The molecule has 0 spiro atoms. The fourth-order valence-electron chi connectivity index (χ4n) is 2.39. The second kappa shape index (κ2) is 9.05. The zero-order chi connectivity index (χ0) is 20.0. The second-order valence-corrected chi connectivity index (χ2v) is 6.28. The Balaban J connectivity index is 1.92. The van der Waals surface area contributed by atoms with Gasteiger partial charge in [-0.05, 0) is 51.2 Å². The van der Waals surface area contributed by atoms with Crippen LogP contribution in [0.1, 0.15) is 24.2 Å². The van der Waals surface area contributed by atoms with E-state index in [4.69, 9.17) is 0 Å². The van der Waals surface area contributed by atoms with Crippen LogP contribution in [0.15, 0.2) is 48.5 Å². The molecule has 0 saturated carbocycles. The molecule has 2 rings (SSSR count). The van der Waals surface area contributed by atoms with E-state index in [1.807, 2.05) is 0 Å². The maximum absolute atomic E-state index is 13.2. The summed E-state index contributed by atoms with van der Waals surface area (Å²) in [5, 5.41) is 5.32. The van der Waals surface area contributed by atoms with Crippen molar-refractivity contribution < 1.29 is 18.8 Å². The van der Waals surface area contributed by atoms with Crippen molar-refractivity contribution in [2.75, 3.05) is 24.2 Å². The third-order valence-electron chi connectivity index (χ3n) is 4.08. The molecule has 142 valence electrons. The van der Waals surface area contributed by atoms with Crippen molar-refractivity contribution in [1.29, 1.82) is 0 Å². The Morgan fingerprint density at radius 3 is 2.30 bits per heavy atom. The van der Waals surface area contributed by atoms with Crippen molar-refractivity contribution in [1.82, 2.24) is 4.90 Å². The Morgan fingerprint density at radius 1 is 1.04 bits per heavy atom. The van der Waals surface area contributed by atoms with Crippen molar-refractivity contribution in [2.24, 2.45) is 0 Å². The van der Waals surface area contributed by atoms with Crippen molar-refractivity contribution in [3.8, 4) is 0 Å². The molecule has 0 aliphatic rings. The molecule has 0 aliphatic heterocycles. The number of hydrogen-bond acceptors (Lipinski definition) is 4. The van der Waals surface area contributed by atoms with Gasteiger partial charge in [-0.1, -0.05) is 18.2 Å². The molecular weight excluding hydrogens is 349 g/mol. The summed E-state index contributed by atoms with van der Waals surface area (Å²) in [6.45, 7) is 3.08. The van der Waals surface area contributed by atoms with Crippen LogP contribution in [0.3, 0.4) is 0 Å². The molecule has 0 bridgehead atoms. The van der Waals surface area contributed by atoms with Gasteiger partial charge < -0.3 is 10.6 Å². The van der Waals surface area contributed by atoms with Crippen molar-refractivity contribution in [3.63, 3.8) is 0 Å². The molecule has 2 aromatic rings. The molecule has 0 heterocycles. The molecule has 0 aromatic heterocycles. The number of halogens is 1. The number of rotatable bonds is 7. The van der Waals surface area contributed by atoms with Gasteiger partial charge >= 0.3 is 0 Å². The van der Waals surface area contributed by atoms with Crippen LogP contribution in [0.4, 0.5) is 15.8 Å². The number of carbonyl (C=O) groups is 3. The number of anilines is 2. The number of amides is 2. The quantitative estimate of drug-likeness (QED) is 0.734. The Labute approximate surface area is 157 Å². The molecule has 2 amide bonds. The summed E-state index contributed by atoms with van der Waals surface area (Å²) in [5.74, 6) is -1.20. The highest BCUT2D eigenvalue weighted by Crippen LogP contribution is 2.13. The highest BCUT2D eigenvalue weighted by atomic mass is 19.1. The fourth-order valence-corrected chi connectivity index (χ4v) is 2.39. The lowest BCUT2D eigenvalue weighted by Crippen LogP contribution is -2.43. The van der Waals surface area contributed by atoms with Crippen LogP contribution in [0.2, 0.25) is 0 Å². The number of benzene rings is 2. The molecule has 1 atom stereocenters. The van der Waals surface area contributed by atoms with E-state index >= 15 is 0 Å². The Morgan fingerprint density at radius 2 is 1.67 bits per heavy atom. The summed E-state index contributed by atoms with van der Waals surface area (Å²) in [7, 11) is 1.64. The minimum atomic E-state index is -0.593. The number of nitrogens with one attached hydrogen (secondary N) is 2. The van der Waals surface area contributed by atoms with Crippen LogP contribution in [0, 0.1) is 5.82 Å². The van der Waals surface area contributed by atoms with E-state index < -0.39 is 11.9 Å². The lowest BCUT2D eigenvalue weighted by molar-refractivity contribution is -0.122. The van der Waals surface area contributed by atoms with Gasteiger partial charge in [0.25, 0.3) is 0 Å². The predicted molar refractivity (Wildman–Crippen MR) is 102 cm³/mol. The highest BCUT2D eigenvalue weighted by molar-refractivity contribution is 5.99. The topological polar surface area (TPSA) is 78.5 Å². The van der Waals surface area contributed by atoms with Gasteiger partial charge in [0, 0.05) is 16.9 Å². The van der Waals surface area contributed by atoms with E-state index in [-0.39, 0.29) is 24.1 Å². The third-order valence-corrected chi connectivity index (χ3v) is 4.08. The molecular formula is C20H22FN3O3. The van der Waals surface area contributed by atoms with Gasteiger partial charge in [-0.25, -0.2) is 4.39 Å². The Bertz CT molecular complexity index is 854. The molecule has 0 radical (unpaired) electrons. The van der Waals surface area contributed by atoms with Crippen LogP contribution < -0.4 is 10.6 Å². The molecule has 0 fully saturated rings. The molecule has 7 heteroatoms. The van der Waals surface area contributed by atoms with Gasteiger partial charge in [-0.2, -0.15) is 0 Å². The van der Waals surface area contributed by atoms with E-state index in [2.05, 4.69) is 10.6 Å². The first-order chi connectivity index (χ1) is 12.8. The highest BCUT2D eigenvalue weighted by Gasteiger charge is 2.20. The molecule has 27 heavy (non-hydrogen) atoms. The summed E-state index contributed by atoms with van der Waals surface area (Å²) < 4.78 is 13.2. The molecule has 2 aromatic carbocycles. The lowest BCUT2D eigenvalue weighted by atomic mass is 10.1. The smallest absolute Gasteiger partial charge is 0.241 e. The SMILES string of the molecule is CC(=O)c1cccc(NC(=O)[C@H](C)N(C)CC(=O)Nc2cccc(F)c2)c1. The van der Waals surface area contributed by atoms with Gasteiger partial charge in [0.2, 0.25) is 11.8 Å². The summed E-state index contributed by atoms with van der Waals surface area (Å²) >= 11 is 0. The Kier molecular flexibility index (Phi) is 6.79.